The van der Waals surface area contributed by atoms with Gasteiger partial charge in [0, 0.05) is 46.2 Å². The summed E-state index contributed by atoms with van der Waals surface area (Å²) in [6, 6.07) is 0.0645. The molecule has 2 saturated heterocycles. The highest BCUT2D eigenvalue weighted by Gasteiger charge is 2.39. The van der Waals surface area contributed by atoms with Crippen LogP contribution in [0, 0.1) is 5.92 Å². The maximum absolute atomic E-state index is 13.1. The van der Waals surface area contributed by atoms with E-state index in [1.165, 1.54) is 25.7 Å². The van der Waals surface area contributed by atoms with Crippen LogP contribution in [-0.4, -0.2) is 71.8 Å². The Hall–Kier alpha value is -1.10. The number of likely N-dealkylation sites (tertiary alicyclic amines) is 1. The van der Waals surface area contributed by atoms with Crippen molar-refractivity contribution in [3.63, 3.8) is 0 Å². The molecule has 1 saturated carbocycles. The van der Waals surface area contributed by atoms with Gasteiger partial charge in [0.15, 0.2) is 0 Å². The fourth-order valence-electron chi connectivity index (χ4n) is 4.37. The summed E-state index contributed by atoms with van der Waals surface area (Å²) in [4.78, 5) is 30.9. The highest BCUT2D eigenvalue weighted by atomic mass is 16.2. The third-order valence-corrected chi connectivity index (χ3v) is 5.67. The smallest absolute Gasteiger partial charge is 0.240 e. The molecule has 1 aliphatic carbocycles. The Morgan fingerprint density at radius 1 is 0.818 bits per heavy atom. The zero-order valence-electron chi connectivity index (χ0n) is 13.8. The molecule has 2 heterocycles. The van der Waals surface area contributed by atoms with E-state index in [0.29, 0.717) is 11.8 Å². The van der Waals surface area contributed by atoms with Crippen LogP contribution in [0.3, 0.4) is 0 Å². The lowest BCUT2D eigenvalue weighted by atomic mass is 9.94. The minimum absolute atomic E-state index is 0.0645. The molecule has 0 bridgehead atoms. The van der Waals surface area contributed by atoms with E-state index in [9.17, 15) is 9.59 Å². The zero-order valence-corrected chi connectivity index (χ0v) is 13.8. The maximum Gasteiger partial charge on any atom is 0.240 e. The Kier molecular flexibility index (Phi) is 5.01. The van der Waals surface area contributed by atoms with Crippen molar-refractivity contribution in [2.45, 2.75) is 51.5 Å². The quantitative estimate of drug-likeness (QED) is 0.790. The molecule has 3 rings (SSSR count). The van der Waals surface area contributed by atoms with Gasteiger partial charge in [-0.3, -0.25) is 14.5 Å². The van der Waals surface area contributed by atoms with Crippen molar-refractivity contribution >= 4 is 11.8 Å². The van der Waals surface area contributed by atoms with Crippen LogP contribution in [0.5, 0.6) is 0 Å². The zero-order chi connectivity index (χ0) is 15.5. The van der Waals surface area contributed by atoms with E-state index in [0.717, 1.165) is 52.1 Å². The van der Waals surface area contributed by atoms with Crippen molar-refractivity contribution in [1.29, 1.82) is 0 Å². The normalized spacial score (nSPS) is 25.7. The van der Waals surface area contributed by atoms with Gasteiger partial charge in [-0.25, -0.2) is 0 Å². The van der Waals surface area contributed by atoms with Crippen molar-refractivity contribution in [3.05, 3.63) is 0 Å². The second kappa shape index (κ2) is 6.99. The van der Waals surface area contributed by atoms with Crippen LogP contribution in [0.25, 0.3) is 0 Å². The van der Waals surface area contributed by atoms with E-state index in [1.54, 1.807) is 6.92 Å². The minimum atomic E-state index is 0.0645. The Bertz CT molecular complexity index is 406. The molecule has 3 aliphatic rings. The van der Waals surface area contributed by atoms with Crippen LogP contribution >= 0.6 is 0 Å². The number of rotatable bonds is 3. The lowest BCUT2D eigenvalue weighted by Crippen LogP contribution is -2.58. The molecule has 0 radical (unpaired) electrons. The molecule has 124 valence electrons. The lowest BCUT2D eigenvalue weighted by molar-refractivity contribution is -0.140. The molecule has 1 atom stereocenters. The van der Waals surface area contributed by atoms with Crippen molar-refractivity contribution in [2.24, 2.45) is 5.92 Å². The molecule has 0 aromatic heterocycles. The van der Waals surface area contributed by atoms with E-state index in [4.69, 9.17) is 0 Å². The first kappa shape index (κ1) is 15.8. The molecule has 5 nitrogen and oxygen atoms in total. The highest BCUT2D eigenvalue weighted by Crippen LogP contribution is 2.32. The summed E-state index contributed by atoms with van der Waals surface area (Å²) in [6.07, 6.45) is 7.22. The van der Waals surface area contributed by atoms with Gasteiger partial charge in [0.25, 0.3) is 0 Å². The summed E-state index contributed by atoms with van der Waals surface area (Å²) in [6.45, 7) is 6.75. The maximum atomic E-state index is 13.1. The van der Waals surface area contributed by atoms with E-state index in [2.05, 4.69) is 9.80 Å². The van der Waals surface area contributed by atoms with Gasteiger partial charge in [0.1, 0.15) is 0 Å². The minimum Gasteiger partial charge on any atom is -0.341 e. The van der Waals surface area contributed by atoms with Gasteiger partial charge < -0.3 is 9.80 Å². The van der Waals surface area contributed by atoms with E-state index < -0.39 is 0 Å². The van der Waals surface area contributed by atoms with Gasteiger partial charge in [-0.2, -0.15) is 0 Å². The topological polar surface area (TPSA) is 43.9 Å². The molecule has 0 aromatic rings. The van der Waals surface area contributed by atoms with Crippen LogP contribution < -0.4 is 0 Å². The van der Waals surface area contributed by atoms with Crippen molar-refractivity contribution in [2.75, 3.05) is 39.3 Å². The van der Waals surface area contributed by atoms with Gasteiger partial charge in [-0.1, -0.05) is 12.8 Å². The fraction of sp³-hybridized carbons (Fsp3) is 0.882. The van der Waals surface area contributed by atoms with Gasteiger partial charge in [-0.15, -0.1) is 0 Å². The summed E-state index contributed by atoms with van der Waals surface area (Å²) in [7, 11) is 0. The highest BCUT2D eigenvalue weighted by molar-refractivity contribution is 5.82. The summed E-state index contributed by atoms with van der Waals surface area (Å²) in [5.74, 6) is 1.04. The third-order valence-electron chi connectivity index (χ3n) is 5.67. The van der Waals surface area contributed by atoms with Crippen LogP contribution in [0.2, 0.25) is 0 Å². The summed E-state index contributed by atoms with van der Waals surface area (Å²) >= 11 is 0. The van der Waals surface area contributed by atoms with Crippen LogP contribution in [0.4, 0.5) is 0 Å². The van der Waals surface area contributed by atoms with E-state index >= 15 is 0 Å². The number of piperazine rings is 1. The number of carbonyl (C=O) groups excluding carboxylic acids is 2. The fourth-order valence-corrected chi connectivity index (χ4v) is 4.37. The standard InChI is InChI=1S/C17H29N3O2/c1-14(21)18-10-12-19(13-11-18)16(15-6-2-3-7-15)17(22)20-8-4-5-9-20/h15-16H,2-13H2,1H3. The molecular formula is C17H29N3O2. The Morgan fingerprint density at radius 2 is 1.41 bits per heavy atom. The van der Waals surface area contributed by atoms with Gasteiger partial charge in [-0.05, 0) is 31.6 Å². The molecule has 5 heteroatoms. The first-order valence-electron chi connectivity index (χ1n) is 8.95. The second-order valence-electron chi connectivity index (χ2n) is 7.06. The second-order valence-corrected chi connectivity index (χ2v) is 7.06. The van der Waals surface area contributed by atoms with Crippen molar-refractivity contribution < 1.29 is 9.59 Å². The van der Waals surface area contributed by atoms with Crippen LogP contribution in [0.1, 0.15) is 45.4 Å². The van der Waals surface area contributed by atoms with E-state index in [1.807, 2.05) is 4.90 Å². The molecular weight excluding hydrogens is 278 g/mol. The van der Waals surface area contributed by atoms with Gasteiger partial charge in [0.05, 0.1) is 6.04 Å². The predicted molar refractivity (Wildman–Crippen MR) is 85.4 cm³/mol. The van der Waals surface area contributed by atoms with Gasteiger partial charge >= 0.3 is 0 Å². The molecule has 2 amide bonds. The van der Waals surface area contributed by atoms with Gasteiger partial charge in [0.2, 0.25) is 11.8 Å². The lowest BCUT2D eigenvalue weighted by Gasteiger charge is -2.41. The molecule has 22 heavy (non-hydrogen) atoms. The van der Waals surface area contributed by atoms with Crippen molar-refractivity contribution in [1.82, 2.24) is 14.7 Å². The third kappa shape index (κ3) is 3.29. The number of hydrogen-bond acceptors (Lipinski definition) is 3. The Morgan fingerprint density at radius 3 is 1.95 bits per heavy atom. The summed E-state index contributed by atoms with van der Waals surface area (Å²) in [5, 5.41) is 0. The average molecular weight is 307 g/mol. The largest absolute Gasteiger partial charge is 0.341 e. The number of hydrogen-bond donors (Lipinski definition) is 0. The Balaban J connectivity index is 1.68. The summed E-state index contributed by atoms with van der Waals surface area (Å²) < 4.78 is 0. The SMILES string of the molecule is CC(=O)N1CCN(C(C(=O)N2CCCC2)C2CCCC2)CC1. The molecule has 1 unspecified atom stereocenters. The summed E-state index contributed by atoms with van der Waals surface area (Å²) in [5.41, 5.74) is 0. The number of nitrogens with zero attached hydrogens (tertiary/aromatic N) is 3. The molecule has 2 aliphatic heterocycles. The van der Waals surface area contributed by atoms with E-state index in [-0.39, 0.29) is 11.9 Å². The molecule has 0 N–H and O–H groups in total. The van der Waals surface area contributed by atoms with Crippen LogP contribution in [-0.2, 0) is 9.59 Å². The predicted octanol–water partition coefficient (Wildman–Crippen LogP) is 1.33. The van der Waals surface area contributed by atoms with Crippen LogP contribution in [0.15, 0.2) is 0 Å². The number of amides is 2. The van der Waals surface area contributed by atoms with Crippen molar-refractivity contribution in [3.8, 4) is 0 Å². The number of carbonyl (C=O) groups is 2. The molecule has 0 aromatic carbocycles. The average Bonchev–Trinajstić information content (AvgIpc) is 3.21. The molecule has 0 spiro atoms. The molecule has 3 fully saturated rings. The Labute approximate surface area is 133 Å². The first-order valence-corrected chi connectivity index (χ1v) is 8.95. The monoisotopic (exact) mass is 307 g/mol. The first-order chi connectivity index (χ1) is 10.7.